The van der Waals surface area contributed by atoms with E-state index in [0.717, 1.165) is 50.5 Å². The molecule has 0 aliphatic carbocycles. The molecule has 14 nitrogen and oxygen atoms in total. The summed E-state index contributed by atoms with van der Waals surface area (Å²) in [6, 6.07) is 7.20. The molecule has 0 unspecified atom stereocenters. The van der Waals surface area contributed by atoms with Crippen molar-refractivity contribution < 1.29 is 57.9 Å². The molecule has 354 valence electrons. The number of aryl methyl sites for hydroxylation is 2. The Hall–Kier alpha value is -3.72. The SMILES string of the molecule is CCc1ccc(CCC(=O)COCCOCCNC(=O)COCCOCCCC(=O)CC[C@H](NC(=O)CCCCCCCCCCCCCCCCCCC(=O)O)C(=O)O)cc1. The zero-order chi connectivity index (χ0) is 45.3. The zero-order valence-electron chi connectivity index (χ0n) is 37.9. The van der Waals surface area contributed by atoms with Crippen molar-refractivity contribution >= 4 is 35.3 Å². The molecule has 0 radical (unpaired) electrons. The highest BCUT2D eigenvalue weighted by molar-refractivity contribution is 5.84. The fraction of sp³-hybridized carbons (Fsp3) is 0.750. The number of unbranched alkanes of at least 4 members (excludes halogenated alkanes) is 15. The smallest absolute Gasteiger partial charge is 0.326 e. The standard InChI is InChI=1S/C48H80N2O12/c1-2-40-23-25-41(26-24-40)27-28-43(52)38-61-36-35-60-33-31-49-46(54)39-62-37-34-59-32-19-20-42(51)29-30-44(48(57)58)50-45(53)21-17-15-13-11-9-7-5-3-4-6-8-10-12-14-16-18-22-47(55)56/h23-26,44H,2-22,27-39H2,1H3,(H,49,54)(H,50,53)(H,55,56)(H,57,58)/t44-/m0/s1. The van der Waals surface area contributed by atoms with Crippen LogP contribution in [0.4, 0.5) is 0 Å². The zero-order valence-corrected chi connectivity index (χ0v) is 37.9. The van der Waals surface area contributed by atoms with Crippen LogP contribution in [-0.2, 0) is 60.6 Å². The van der Waals surface area contributed by atoms with Gasteiger partial charge in [0.15, 0.2) is 5.78 Å². The third-order valence-corrected chi connectivity index (χ3v) is 10.6. The van der Waals surface area contributed by atoms with Crippen LogP contribution in [0.1, 0.15) is 166 Å². The molecule has 1 aromatic rings. The highest BCUT2D eigenvalue weighted by atomic mass is 16.5. The van der Waals surface area contributed by atoms with E-state index in [1.807, 2.05) is 0 Å². The number of ether oxygens (including phenoxy) is 4. The molecule has 2 amide bonds. The second kappa shape index (κ2) is 40.1. The summed E-state index contributed by atoms with van der Waals surface area (Å²) in [5.41, 5.74) is 2.41. The minimum atomic E-state index is -1.15. The molecule has 0 saturated carbocycles. The number of carboxylic acid groups (broad SMARTS) is 2. The van der Waals surface area contributed by atoms with Gasteiger partial charge >= 0.3 is 11.9 Å². The van der Waals surface area contributed by atoms with Gasteiger partial charge in [-0.05, 0) is 49.7 Å². The number of rotatable bonds is 45. The number of aliphatic carboxylic acids is 2. The molecule has 0 bridgehead atoms. The van der Waals surface area contributed by atoms with Gasteiger partial charge < -0.3 is 39.8 Å². The van der Waals surface area contributed by atoms with Crippen LogP contribution in [0.3, 0.4) is 0 Å². The molecule has 1 atom stereocenters. The van der Waals surface area contributed by atoms with E-state index >= 15 is 0 Å². The molecule has 62 heavy (non-hydrogen) atoms. The highest BCUT2D eigenvalue weighted by Gasteiger charge is 2.20. The number of amides is 2. The maximum Gasteiger partial charge on any atom is 0.326 e. The molecule has 14 heteroatoms. The van der Waals surface area contributed by atoms with E-state index in [0.29, 0.717) is 58.7 Å². The molecule has 0 fully saturated rings. The number of hydrogen-bond acceptors (Lipinski definition) is 10. The molecule has 0 heterocycles. The molecule has 0 aliphatic rings. The topological polar surface area (TPSA) is 204 Å². The number of Topliss-reactive ketones (excluding diaryl/α,β-unsaturated/α-hetero) is 2. The molecule has 0 aliphatic heterocycles. The second-order valence-corrected chi connectivity index (χ2v) is 16.1. The van der Waals surface area contributed by atoms with Crippen LogP contribution in [-0.4, -0.2) is 111 Å². The molecule has 1 rings (SSSR count). The molecular formula is C48H80N2O12. The van der Waals surface area contributed by atoms with Crippen molar-refractivity contribution in [3.8, 4) is 0 Å². The summed E-state index contributed by atoms with van der Waals surface area (Å²) >= 11 is 0. The van der Waals surface area contributed by atoms with E-state index < -0.39 is 18.0 Å². The number of ketones is 2. The van der Waals surface area contributed by atoms with Gasteiger partial charge in [0, 0.05) is 45.3 Å². The average Bonchev–Trinajstić information content (AvgIpc) is 3.25. The average molecular weight is 877 g/mol. The van der Waals surface area contributed by atoms with Crippen LogP contribution in [0, 0.1) is 0 Å². The first kappa shape index (κ1) is 56.3. The van der Waals surface area contributed by atoms with Crippen LogP contribution in [0.25, 0.3) is 0 Å². The maximum absolute atomic E-state index is 12.4. The largest absolute Gasteiger partial charge is 0.481 e. The van der Waals surface area contributed by atoms with Gasteiger partial charge in [0.25, 0.3) is 0 Å². The minimum absolute atomic E-state index is 0.0458. The number of carbonyl (C=O) groups excluding carboxylic acids is 4. The van der Waals surface area contributed by atoms with Crippen molar-refractivity contribution in [1.82, 2.24) is 10.6 Å². The van der Waals surface area contributed by atoms with Crippen molar-refractivity contribution in [2.75, 3.05) is 59.4 Å². The van der Waals surface area contributed by atoms with Gasteiger partial charge in [0.2, 0.25) is 11.8 Å². The molecular weight excluding hydrogens is 797 g/mol. The van der Waals surface area contributed by atoms with Crippen LogP contribution < -0.4 is 10.6 Å². The Morgan fingerprint density at radius 2 is 1.00 bits per heavy atom. The van der Waals surface area contributed by atoms with Crippen molar-refractivity contribution in [3.05, 3.63) is 35.4 Å². The Morgan fingerprint density at radius 1 is 0.500 bits per heavy atom. The summed E-state index contributed by atoms with van der Waals surface area (Å²) in [6.07, 6.45) is 21.5. The number of carboxylic acids is 2. The lowest BCUT2D eigenvalue weighted by atomic mass is 10.0. The van der Waals surface area contributed by atoms with Crippen molar-refractivity contribution in [3.63, 3.8) is 0 Å². The number of benzene rings is 1. The fourth-order valence-electron chi connectivity index (χ4n) is 6.76. The maximum atomic E-state index is 12.4. The monoisotopic (exact) mass is 877 g/mol. The molecule has 0 spiro atoms. The lowest BCUT2D eigenvalue weighted by molar-refractivity contribution is -0.142. The van der Waals surface area contributed by atoms with E-state index in [1.165, 1.54) is 63.4 Å². The quantitative estimate of drug-likeness (QED) is 0.0465. The van der Waals surface area contributed by atoms with Crippen LogP contribution in [0.5, 0.6) is 0 Å². The van der Waals surface area contributed by atoms with E-state index in [2.05, 4.69) is 41.8 Å². The number of nitrogens with one attached hydrogen (secondary N) is 2. The summed E-state index contributed by atoms with van der Waals surface area (Å²) in [7, 11) is 0. The Morgan fingerprint density at radius 3 is 1.55 bits per heavy atom. The van der Waals surface area contributed by atoms with Gasteiger partial charge in [0.1, 0.15) is 25.0 Å². The van der Waals surface area contributed by atoms with Crippen molar-refractivity contribution in [1.29, 1.82) is 0 Å². The lowest BCUT2D eigenvalue weighted by Gasteiger charge is -2.14. The predicted molar refractivity (Wildman–Crippen MR) is 239 cm³/mol. The minimum Gasteiger partial charge on any atom is -0.481 e. The van der Waals surface area contributed by atoms with Crippen molar-refractivity contribution in [2.24, 2.45) is 0 Å². The Balaban J connectivity index is 1.90. The van der Waals surface area contributed by atoms with Gasteiger partial charge in [-0.1, -0.05) is 121 Å². The second-order valence-electron chi connectivity index (χ2n) is 16.1. The van der Waals surface area contributed by atoms with Crippen LogP contribution in [0.2, 0.25) is 0 Å². The number of hydrogen-bond donors (Lipinski definition) is 4. The summed E-state index contributed by atoms with van der Waals surface area (Å²) < 4.78 is 21.6. The Bertz CT molecular complexity index is 1340. The summed E-state index contributed by atoms with van der Waals surface area (Å²) in [6.45, 7) is 4.06. The summed E-state index contributed by atoms with van der Waals surface area (Å²) in [5, 5.41) is 23.5. The molecule has 4 N–H and O–H groups in total. The van der Waals surface area contributed by atoms with Crippen LogP contribution in [0.15, 0.2) is 24.3 Å². The third kappa shape index (κ3) is 35.8. The van der Waals surface area contributed by atoms with Crippen molar-refractivity contribution in [2.45, 2.75) is 173 Å². The molecule has 0 aromatic heterocycles. The van der Waals surface area contributed by atoms with Gasteiger partial charge in [-0.2, -0.15) is 0 Å². The predicted octanol–water partition coefficient (Wildman–Crippen LogP) is 7.74. The number of carbonyl (C=O) groups is 6. The van der Waals surface area contributed by atoms with E-state index in [4.69, 9.17) is 24.1 Å². The van der Waals surface area contributed by atoms with Gasteiger partial charge in [0.05, 0.1) is 33.0 Å². The summed E-state index contributed by atoms with van der Waals surface area (Å²) in [4.78, 5) is 70.9. The van der Waals surface area contributed by atoms with Gasteiger partial charge in [-0.3, -0.25) is 24.0 Å². The first-order valence-corrected chi connectivity index (χ1v) is 23.5. The summed E-state index contributed by atoms with van der Waals surface area (Å²) in [5.74, 6) is -2.47. The van der Waals surface area contributed by atoms with E-state index in [9.17, 15) is 33.9 Å². The van der Waals surface area contributed by atoms with E-state index in [1.54, 1.807) is 0 Å². The van der Waals surface area contributed by atoms with Crippen LogP contribution >= 0.6 is 0 Å². The first-order chi connectivity index (χ1) is 30.1. The lowest BCUT2D eigenvalue weighted by Crippen LogP contribution is -2.41. The third-order valence-electron chi connectivity index (χ3n) is 10.6. The first-order valence-electron chi connectivity index (χ1n) is 23.5. The molecule has 0 saturated heterocycles. The normalized spacial score (nSPS) is 11.6. The Kier molecular flexibility index (Phi) is 36.4. The molecule has 1 aromatic carbocycles. The van der Waals surface area contributed by atoms with E-state index in [-0.39, 0.29) is 81.9 Å². The fourth-order valence-corrected chi connectivity index (χ4v) is 6.76. The Labute approximate surface area is 371 Å². The van der Waals surface area contributed by atoms with Gasteiger partial charge in [-0.25, -0.2) is 4.79 Å². The highest BCUT2D eigenvalue weighted by Crippen LogP contribution is 2.15. The van der Waals surface area contributed by atoms with Gasteiger partial charge in [-0.15, -0.1) is 0 Å².